The van der Waals surface area contributed by atoms with Gasteiger partial charge in [-0.1, -0.05) is 17.7 Å². The largest absolute Gasteiger partial charge is 0.497 e. The van der Waals surface area contributed by atoms with Crippen molar-refractivity contribution >= 4 is 17.7 Å². The maximum absolute atomic E-state index is 12.2. The fourth-order valence-electron chi connectivity index (χ4n) is 2.47. The second-order valence-corrected chi connectivity index (χ2v) is 6.98. The molecule has 1 atom stereocenters. The number of carbonyl (C=O) groups excluding carboxylic acids is 1. The van der Waals surface area contributed by atoms with E-state index in [1.807, 2.05) is 25.1 Å². The molecule has 0 aliphatic heterocycles. The van der Waals surface area contributed by atoms with Gasteiger partial charge in [0.25, 0.3) is 0 Å². The van der Waals surface area contributed by atoms with Gasteiger partial charge in [0.2, 0.25) is 5.91 Å². The third-order valence-corrected chi connectivity index (χ3v) is 4.91. The first kappa shape index (κ1) is 19.2. The van der Waals surface area contributed by atoms with Crippen LogP contribution in [0.25, 0.3) is 0 Å². The Kier molecular flexibility index (Phi) is 7.19. The Hall–Kier alpha value is -2.14. The molecule has 4 nitrogen and oxygen atoms in total. The van der Waals surface area contributed by atoms with E-state index < -0.39 is 0 Å². The molecule has 0 fully saturated rings. The van der Waals surface area contributed by atoms with E-state index in [1.165, 1.54) is 10.5 Å². The summed E-state index contributed by atoms with van der Waals surface area (Å²) in [6.45, 7) is 4.01. The van der Waals surface area contributed by atoms with Gasteiger partial charge in [-0.3, -0.25) is 4.79 Å². The second-order valence-electron chi connectivity index (χ2n) is 5.81. The Balaban J connectivity index is 1.88. The fraction of sp³-hybridized carbons (Fsp3) is 0.350. The van der Waals surface area contributed by atoms with Crippen molar-refractivity contribution < 1.29 is 14.3 Å². The summed E-state index contributed by atoms with van der Waals surface area (Å²) in [5, 5.41) is 3.03. The lowest BCUT2D eigenvalue weighted by molar-refractivity contribution is -0.121. The molecule has 0 aliphatic carbocycles. The summed E-state index contributed by atoms with van der Waals surface area (Å²) >= 11 is 1.69. The molecule has 0 aliphatic rings. The maximum atomic E-state index is 12.2. The van der Waals surface area contributed by atoms with E-state index in [9.17, 15) is 4.79 Å². The summed E-state index contributed by atoms with van der Waals surface area (Å²) in [6.07, 6.45) is 0.467. The summed E-state index contributed by atoms with van der Waals surface area (Å²) < 4.78 is 10.6. The number of hydrogen-bond acceptors (Lipinski definition) is 4. The minimum absolute atomic E-state index is 0.0250. The molecule has 0 bridgehead atoms. The van der Waals surface area contributed by atoms with Crippen LogP contribution >= 0.6 is 11.8 Å². The summed E-state index contributed by atoms with van der Waals surface area (Å²) in [6, 6.07) is 13.8. The van der Waals surface area contributed by atoms with E-state index >= 15 is 0 Å². The summed E-state index contributed by atoms with van der Waals surface area (Å²) in [5.41, 5.74) is 2.14. The minimum Gasteiger partial charge on any atom is -0.497 e. The molecule has 25 heavy (non-hydrogen) atoms. The molecule has 134 valence electrons. The molecule has 2 aromatic carbocycles. The van der Waals surface area contributed by atoms with Gasteiger partial charge in [0.15, 0.2) is 0 Å². The highest BCUT2D eigenvalue weighted by Gasteiger charge is 2.15. The van der Waals surface area contributed by atoms with Crippen molar-refractivity contribution in [3.8, 4) is 11.5 Å². The number of ether oxygens (including phenoxy) is 2. The van der Waals surface area contributed by atoms with Gasteiger partial charge >= 0.3 is 0 Å². The van der Waals surface area contributed by atoms with Crippen molar-refractivity contribution in [2.75, 3.05) is 20.0 Å². The van der Waals surface area contributed by atoms with Gasteiger partial charge in [0, 0.05) is 22.6 Å². The van der Waals surface area contributed by atoms with Crippen LogP contribution in [-0.2, 0) is 4.79 Å². The number of nitrogens with one attached hydrogen (secondary N) is 1. The normalized spacial score (nSPS) is 11.7. The number of hydrogen-bond donors (Lipinski definition) is 1. The van der Waals surface area contributed by atoms with Gasteiger partial charge in [-0.05, 0) is 44.2 Å². The van der Waals surface area contributed by atoms with E-state index in [2.05, 4.69) is 36.5 Å². The number of carbonyl (C=O) groups is 1. The highest BCUT2D eigenvalue weighted by atomic mass is 32.2. The van der Waals surface area contributed by atoms with Gasteiger partial charge in [-0.2, -0.15) is 0 Å². The van der Waals surface area contributed by atoms with Crippen molar-refractivity contribution in [3.05, 3.63) is 53.6 Å². The van der Waals surface area contributed by atoms with Crippen LogP contribution < -0.4 is 14.8 Å². The maximum Gasteiger partial charge on any atom is 0.221 e. The first-order chi connectivity index (χ1) is 12.0. The molecule has 0 saturated heterocycles. The Morgan fingerprint density at radius 3 is 2.48 bits per heavy atom. The molecule has 1 N–H and O–H groups in total. The van der Waals surface area contributed by atoms with E-state index in [-0.39, 0.29) is 11.9 Å². The average Bonchev–Trinajstić information content (AvgIpc) is 2.62. The van der Waals surface area contributed by atoms with E-state index in [0.29, 0.717) is 6.42 Å². The number of methoxy groups -OCH3 is 2. The lowest BCUT2D eigenvalue weighted by Crippen LogP contribution is -2.27. The molecule has 2 rings (SSSR count). The van der Waals surface area contributed by atoms with Crippen molar-refractivity contribution in [3.63, 3.8) is 0 Å². The average molecular weight is 359 g/mol. The minimum atomic E-state index is -0.151. The molecular weight excluding hydrogens is 334 g/mol. The molecule has 0 unspecified atom stereocenters. The van der Waals surface area contributed by atoms with Crippen molar-refractivity contribution in [2.45, 2.75) is 31.2 Å². The summed E-state index contributed by atoms with van der Waals surface area (Å²) in [5.74, 6) is 2.25. The predicted molar refractivity (Wildman–Crippen MR) is 103 cm³/mol. The van der Waals surface area contributed by atoms with E-state index in [4.69, 9.17) is 9.47 Å². The Bertz CT molecular complexity index is 701. The van der Waals surface area contributed by atoms with Crippen molar-refractivity contribution in [1.29, 1.82) is 0 Å². The highest BCUT2D eigenvalue weighted by Crippen LogP contribution is 2.29. The zero-order valence-electron chi connectivity index (χ0n) is 15.2. The number of aryl methyl sites for hydroxylation is 1. The monoisotopic (exact) mass is 359 g/mol. The molecule has 0 heterocycles. The molecular formula is C20H25NO3S. The number of rotatable bonds is 8. The van der Waals surface area contributed by atoms with Gasteiger partial charge in [-0.15, -0.1) is 11.8 Å². The first-order valence-electron chi connectivity index (χ1n) is 8.24. The lowest BCUT2D eigenvalue weighted by atomic mass is 10.1. The topological polar surface area (TPSA) is 47.6 Å². The van der Waals surface area contributed by atoms with Crippen molar-refractivity contribution in [2.24, 2.45) is 0 Å². The highest BCUT2D eigenvalue weighted by molar-refractivity contribution is 7.99. The molecule has 0 saturated carbocycles. The quantitative estimate of drug-likeness (QED) is 0.711. The van der Waals surface area contributed by atoms with E-state index in [1.54, 1.807) is 26.0 Å². The van der Waals surface area contributed by atoms with Gasteiger partial charge in [0.05, 0.1) is 20.3 Å². The Morgan fingerprint density at radius 2 is 1.84 bits per heavy atom. The van der Waals surface area contributed by atoms with Crippen molar-refractivity contribution in [1.82, 2.24) is 5.32 Å². The third kappa shape index (κ3) is 5.71. The van der Waals surface area contributed by atoms with Crippen LogP contribution in [0.3, 0.4) is 0 Å². The number of amides is 1. The van der Waals surface area contributed by atoms with Crippen LogP contribution in [0.5, 0.6) is 11.5 Å². The molecule has 0 aromatic heterocycles. The molecule has 0 spiro atoms. The zero-order valence-corrected chi connectivity index (χ0v) is 16.0. The Labute approximate surface area is 153 Å². The third-order valence-electron chi connectivity index (χ3n) is 3.90. The summed E-state index contributed by atoms with van der Waals surface area (Å²) in [7, 11) is 3.25. The standard InChI is InChI=1S/C20H25NO3S/c1-14-5-8-17(9-6-14)25-12-11-20(22)21-15(2)18-13-16(23-3)7-10-19(18)24-4/h5-10,13,15H,11-12H2,1-4H3,(H,21,22)/t15-/m1/s1. The van der Waals surface area contributed by atoms with Crippen LogP contribution in [-0.4, -0.2) is 25.9 Å². The van der Waals surface area contributed by atoms with Crippen LogP contribution in [0.4, 0.5) is 0 Å². The molecule has 2 aromatic rings. The van der Waals surface area contributed by atoms with Crippen LogP contribution in [0.15, 0.2) is 47.4 Å². The fourth-order valence-corrected chi connectivity index (χ4v) is 3.32. The van der Waals surface area contributed by atoms with Gasteiger partial charge < -0.3 is 14.8 Å². The number of benzene rings is 2. The number of thioether (sulfide) groups is 1. The van der Waals surface area contributed by atoms with Crippen LogP contribution in [0.2, 0.25) is 0 Å². The molecule has 1 amide bonds. The SMILES string of the molecule is COc1ccc(OC)c([C@@H](C)NC(=O)CCSc2ccc(C)cc2)c1. The predicted octanol–water partition coefficient (Wildman–Crippen LogP) is 4.37. The second kappa shape index (κ2) is 9.37. The first-order valence-corrected chi connectivity index (χ1v) is 9.22. The molecule has 5 heteroatoms. The van der Waals surface area contributed by atoms with Gasteiger partial charge in [0.1, 0.15) is 11.5 Å². The van der Waals surface area contributed by atoms with Crippen LogP contribution in [0.1, 0.15) is 30.5 Å². The summed E-state index contributed by atoms with van der Waals surface area (Å²) in [4.78, 5) is 13.4. The lowest BCUT2D eigenvalue weighted by Gasteiger charge is -2.18. The zero-order chi connectivity index (χ0) is 18.2. The smallest absolute Gasteiger partial charge is 0.221 e. The van der Waals surface area contributed by atoms with Gasteiger partial charge in [-0.25, -0.2) is 0 Å². The molecule has 0 radical (unpaired) electrons. The van der Waals surface area contributed by atoms with Crippen LogP contribution in [0, 0.1) is 6.92 Å². The van der Waals surface area contributed by atoms with E-state index in [0.717, 1.165) is 22.8 Å². The Morgan fingerprint density at radius 1 is 1.12 bits per heavy atom.